The molecule has 0 fully saturated rings. The monoisotopic (exact) mass is 234 g/mol. The fraction of sp³-hybridized carbons (Fsp3) is 0.462. The molecule has 1 heterocycles. The standard InChI is InChI=1S/C13H18N2O2/c1-15-8-2-3-10-9-11(4-5-12(10)15)14-7-6-13(16)17/h4-5,9,14H,2-3,6-8H2,1H3,(H,16,17). The number of fused-ring (bicyclic) bond motifs is 1. The minimum absolute atomic E-state index is 0.150. The molecule has 1 aliphatic rings. The van der Waals surface area contributed by atoms with Crippen LogP contribution in [0.5, 0.6) is 0 Å². The fourth-order valence-corrected chi connectivity index (χ4v) is 2.21. The van der Waals surface area contributed by atoms with Gasteiger partial charge in [0, 0.05) is 31.5 Å². The highest BCUT2D eigenvalue weighted by Gasteiger charge is 2.13. The summed E-state index contributed by atoms with van der Waals surface area (Å²) in [7, 11) is 2.11. The molecule has 2 N–H and O–H groups in total. The first kappa shape index (κ1) is 11.8. The molecule has 92 valence electrons. The van der Waals surface area contributed by atoms with E-state index in [-0.39, 0.29) is 6.42 Å². The normalized spacial score (nSPS) is 14.3. The average Bonchev–Trinajstić information content (AvgIpc) is 2.29. The second kappa shape index (κ2) is 5.08. The number of anilines is 2. The summed E-state index contributed by atoms with van der Waals surface area (Å²) in [5.74, 6) is -0.768. The Morgan fingerprint density at radius 2 is 2.35 bits per heavy atom. The highest BCUT2D eigenvalue weighted by molar-refractivity contribution is 5.68. The number of hydrogen-bond acceptors (Lipinski definition) is 3. The van der Waals surface area contributed by atoms with Gasteiger partial charge in [0.1, 0.15) is 0 Å². The van der Waals surface area contributed by atoms with Crippen LogP contribution in [-0.2, 0) is 11.2 Å². The third-order valence-corrected chi connectivity index (χ3v) is 3.10. The summed E-state index contributed by atoms with van der Waals surface area (Å²) in [6.07, 6.45) is 2.44. The molecular formula is C13H18N2O2. The minimum Gasteiger partial charge on any atom is -0.481 e. The van der Waals surface area contributed by atoms with E-state index < -0.39 is 5.97 Å². The molecule has 0 saturated carbocycles. The van der Waals surface area contributed by atoms with Gasteiger partial charge in [-0.05, 0) is 36.6 Å². The van der Waals surface area contributed by atoms with E-state index in [0.717, 1.165) is 18.7 Å². The Hall–Kier alpha value is -1.71. The van der Waals surface area contributed by atoms with Gasteiger partial charge in [0.2, 0.25) is 0 Å². The number of aryl methyl sites for hydroxylation is 1. The van der Waals surface area contributed by atoms with Gasteiger partial charge in [-0.3, -0.25) is 4.79 Å². The highest BCUT2D eigenvalue weighted by atomic mass is 16.4. The number of hydrogen-bond donors (Lipinski definition) is 2. The van der Waals surface area contributed by atoms with Gasteiger partial charge in [0.25, 0.3) is 0 Å². The first-order valence-electron chi connectivity index (χ1n) is 5.96. The topological polar surface area (TPSA) is 52.6 Å². The van der Waals surface area contributed by atoms with Crippen molar-refractivity contribution in [1.29, 1.82) is 0 Å². The van der Waals surface area contributed by atoms with Crippen molar-refractivity contribution in [3.05, 3.63) is 23.8 Å². The second-order valence-electron chi connectivity index (χ2n) is 4.44. The Bertz CT molecular complexity index is 418. The summed E-state index contributed by atoms with van der Waals surface area (Å²) in [6.45, 7) is 1.59. The van der Waals surface area contributed by atoms with Crippen molar-refractivity contribution in [3.8, 4) is 0 Å². The molecule has 0 radical (unpaired) electrons. The first-order valence-corrected chi connectivity index (χ1v) is 5.96. The van der Waals surface area contributed by atoms with Crippen LogP contribution in [0.15, 0.2) is 18.2 Å². The molecule has 0 aromatic heterocycles. The van der Waals surface area contributed by atoms with E-state index in [1.807, 2.05) is 6.07 Å². The smallest absolute Gasteiger partial charge is 0.305 e. The third kappa shape index (κ3) is 2.90. The van der Waals surface area contributed by atoms with Crippen LogP contribution in [0.1, 0.15) is 18.4 Å². The number of benzene rings is 1. The quantitative estimate of drug-likeness (QED) is 0.836. The molecule has 1 aromatic rings. The molecule has 0 atom stereocenters. The molecule has 17 heavy (non-hydrogen) atoms. The Morgan fingerprint density at radius 3 is 3.12 bits per heavy atom. The lowest BCUT2D eigenvalue weighted by Crippen LogP contribution is -2.24. The zero-order valence-corrected chi connectivity index (χ0v) is 10.1. The molecule has 0 bridgehead atoms. The number of rotatable bonds is 4. The Balaban J connectivity index is 2.03. The van der Waals surface area contributed by atoms with E-state index in [9.17, 15) is 4.79 Å². The van der Waals surface area contributed by atoms with E-state index in [1.165, 1.54) is 17.7 Å². The molecular weight excluding hydrogens is 216 g/mol. The number of nitrogens with zero attached hydrogens (tertiary/aromatic N) is 1. The van der Waals surface area contributed by atoms with Crippen molar-refractivity contribution < 1.29 is 9.90 Å². The molecule has 4 heteroatoms. The number of carboxylic acid groups (broad SMARTS) is 1. The molecule has 1 aromatic carbocycles. The summed E-state index contributed by atoms with van der Waals surface area (Å²) >= 11 is 0. The molecule has 0 amide bonds. The van der Waals surface area contributed by atoms with Crippen LogP contribution in [0, 0.1) is 0 Å². The number of nitrogens with one attached hydrogen (secondary N) is 1. The molecule has 0 spiro atoms. The predicted molar refractivity (Wildman–Crippen MR) is 68.8 cm³/mol. The minimum atomic E-state index is -0.768. The maximum atomic E-state index is 10.4. The number of carboxylic acids is 1. The van der Waals surface area contributed by atoms with Gasteiger partial charge in [-0.15, -0.1) is 0 Å². The van der Waals surface area contributed by atoms with Gasteiger partial charge in [-0.1, -0.05) is 0 Å². The second-order valence-corrected chi connectivity index (χ2v) is 4.44. The Labute approximate surface area is 101 Å². The lowest BCUT2D eigenvalue weighted by molar-refractivity contribution is -0.136. The number of carbonyl (C=O) groups is 1. The van der Waals surface area contributed by atoms with E-state index in [4.69, 9.17) is 5.11 Å². The van der Waals surface area contributed by atoms with Gasteiger partial charge in [0.05, 0.1) is 6.42 Å². The van der Waals surface area contributed by atoms with Gasteiger partial charge in [0.15, 0.2) is 0 Å². The van der Waals surface area contributed by atoms with Crippen molar-refractivity contribution in [1.82, 2.24) is 0 Å². The Kier molecular flexibility index (Phi) is 3.52. The average molecular weight is 234 g/mol. The lowest BCUT2D eigenvalue weighted by Gasteiger charge is -2.27. The fourth-order valence-electron chi connectivity index (χ4n) is 2.21. The number of aliphatic carboxylic acids is 1. The van der Waals surface area contributed by atoms with Gasteiger partial charge in [-0.2, -0.15) is 0 Å². The van der Waals surface area contributed by atoms with Crippen molar-refractivity contribution in [2.45, 2.75) is 19.3 Å². The molecule has 0 unspecified atom stereocenters. The van der Waals surface area contributed by atoms with Crippen molar-refractivity contribution in [2.75, 3.05) is 30.4 Å². The summed E-state index contributed by atoms with van der Waals surface area (Å²) in [5.41, 5.74) is 3.65. The van der Waals surface area contributed by atoms with Crippen LogP contribution in [0.2, 0.25) is 0 Å². The molecule has 0 saturated heterocycles. The van der Waals surface area contributed by atoms with Gasteiger partial charge < -0.3 is 15.3 Å². The maximum absolute atomic E-state index is 10.4. The Morgan fingerprint density at radius 1 is 1.53 bits per heavy atom. The predicted octanol–water partition coefficient (Wildman–Crippen LogP) is 1.96. The van der Waals surface area contributed by atoms with Crippen molar-refractivity contribution in [2.24, 2.45) is 0 Å². The van der Waals surface area contributed by atoms with Gasteiger partial charge >= 0.3 is 5.97 Å². The van der Waals surface area contributed by atoms with E-state index in [2.05, 4.69) is 29.4 Å². The lowest BCUT2D eigenvalue weighted by atomic mass is 10.0. The molecule has 2 rings (SSSR count). The van der Waals surface area contributed by atoms with Crippen molar-refractivity contribution in [3.63, 3.8) is 0 Å². The molecule has 1 aliphatic heterocycles. The highest BCUT2D eigenvalue weighted by Crippen LogP contribution is 2.28. The van der Waals surface area contributed by atoms with Crippen LogP contribution in [-0.4, -0.2) is 31.2 Å². The summed E-state index contributed by atoms with van der Waals surface area (Å²) in [6, 6.07) is 6.26. The van der Waals surface area contributed by atoms with Crippen molar-refractivity contribution >= 4 is 17.3 Å². The van der Waals surface area contributed by atoms with Crippen LogP contribution in [0.3, 0.4) is 0 Å². The van der Waals surface area contributed by atoms with Gasteiger partial charge in [-0.25, -0.2) is 0 Å². The SMILES string of the molecule is CN1CCCc2cc(NCCC(=O)O)ccc21. The van der Waals surface area contributed by atoms with E-state index >= 15 is 0 Å². The summed E-state index contributed by atoms with van der Waals surface area (Å²) in [5, 5.41) is 11.7. The first-order chi connectivity index (χ1) is 8.16. The third-order valence-electron chi connectivity index (χ3n) is 3.10. The largest absolute Gasteiger partial charge is 0.481 e. The van der Waals surface area contributed by atoms with E-state index in [1.54, 1.807) is 0 Å². The summed E-state index contributed by atoms with van der Waals surface area (Å²) in [4.78, 5) is 12.7. The van der Waals surface area contributed by atoms with E-state index in [0.29, 0.717) is 6.54 Å². The van der Waals surface area contributed by atoms with Crippen LogP contribution in [0.25, 0.3) is 0 Å². The molecule has 0 aliphatic carbocycles. The van der Waals surface area contributed by atoms with Crippen LogP contribution in [0.4, 0.5) is 11.4 Å². The molecule has 4 nitrogen and oxygen atoms in total. The summed E-state index contributed by atoms with van der Waals surface area (Å²) < 4.78 is 0. The van der Waals surface area contributed by atoms with Crippen LogP contribution < -0.4 is 10.2 Å². The zero-order valence-electron chi connectivity index (χ0n) is 10.1. The maximum Gasteiger partial charge on any atom is 0.305 e. The van der Waals surface area contributed by atoms with Crippen LogP contribution >= 0.6 is 0 Å². The zero-order chi connectivity index (χ0) is 12.3.